The Bertz CT molecular complexity index is 601. The summed E-state index contributed by atoms with van der Waals surface area (Å²) in [6, 6.07) is 0.749. The van der Waals surface area contributed by atoms with Crippen LogP contribution in [0.2, 0.25) is 0 Å². The molecule has 4 fully saturated rings. The zero-order valence-electron chi connectivity index (χ0n) is 16.3. The van der Waals surface area contributed by atoms with Gasteiger partial charge in [0.2, 0.25) is 0 Å². The Morgan fingerprint density at radius 3 is 2.22 bits per heavy atom. The molecule has 2 saturated heterocycles. The van der Waals surface area contributed by atoms with Crippen molar-refractivity contribution in [3.63, 3.8) is 0 Å². The number of hydrogen-bond acceptors (Lipinski definition) is 1. The van der Waals surface area contributed by atoms with Crippen LogP contribution in [0.5, 0.6) is 0 Å². The van der Waals surface area contributed by atoms with Gasteiger partial charge in [-0.25, -0.2) is 0 Å². The van der Waals surface area contributed by atoms with E-state index in [-0.39, 0.29) is 0 Å². The standard InChI is InChI=1S/C22H35N/c1-8-9-16-17(15(2)3)22-12-10-19(4,11-13-22)23(7)18(22)21(6)14-20(16,21)5/h8-9,15,18H,10-14H2,1-7H3/b9-8-. The number of fused-ring (bicyclic) bond motifs is 3. The van der Waals surface area contributed by atoms with E-state index in [1.807, 2.05) is 5.57 Å². The molecule has 3 atom stereocenters. The summed E-state index contributed by atoms with van der Waals surface area (Å²) in [7, 11) is 2.44. The molecule has 0 N–H and O–H groups in total. The number of rotatable bonds is 2. The van der Waals surface area contributed by atoms with E-state index in [0.29, 0.717) is 27.7 Å². The van der Waals surface area contributed by atoms with Crippen LogP contribution < -0.4 is 0 Å². The van der Waals surface area contributed by atoms with Crippen molar-refractivity contribution < 1.29 is 0 Å². The van der Waals surface area contributed by atoms with E-state index < -0.39 is 0 Å². The van der Waals surface area contributed by atoms with Gasteiger partial charge in [-0.15, -0.1) is 0 Å². The fraction of sp³-hybridized carbons (Fsp3) is 0.818. The molecule has 5 aliphatic rings. The molecule has 3 aliphatic carbocycles. The molecule has 2 aliphatic heterocycles. The van der Waals surface area contributed by atoms with Crippen molar-refractivity contribution in [1.82, 2.24) is 4.90 Å². The second-order valence-corrected chi connectivity index (χ2v) is 10.1. The fourth-order valence-corrected chi connectivity index (χ4v) is 7.38. The molecule has 3 unspecified atom stereocenters. The van der Waals surface area contributed by atoms with Crippen molar-refractivity contribution in [3.8, 4) is 0 Å². The zero-order valence-corrected chi connectivity index (χ0v) is 16.3. The van der Waals surface area contributed by atoms with Gasteiger partial charge < -0.3 is 0 Å². The van der Waals surface area contributed by atoms with E-state index in [1.54, 1.807) is 5.57 Å². The fourth-order valence-electron chi connectivity index (χ4n) is 7.38. The third kappa shape index (κ3) is 1.59. The predicted molar refractivity (Wildman–Crippen MR) is 98.4 cm³/mol. The minimum absolute atomic E-state index is 0.400. The Balaban J connectivity index is 1.99. The molecule has 1 spiro atoms. The van der Waals surface area contributed by atoms with Gasteiger partial charge in [0.05, 0.1) is 0 Å². The highest BCUT2D eigenvalue weighted by Crippen LogP contribution is 2.80. The highest BCUT2D eigenvalue weighted by Gasteiger charge is 2.77. The summed E-state index contributed by atoms with van der Waals surface area (Å²) in [5, 5.41) is 0. The Morgan fingerprint density at radius 2 is 1.70 bits per heavy atom. The summed E-state index contributed by atoms with van der Waals surface area (Å²) in [5.41, 5.74) is 5.30. The zero-order chi connectivity index (χ0) is 16.8. The lowest BCUT2D eigenvalue weighted by Crippen LogP contribution is -2.70. The quantitative estimate of drug-likeness (QED) is 0.643. The van der Waals surface area contributed by atoms with Crippen LogP contribution in [-0.4, -0.2) is 23.5 Å². The molecule has 0 aromatic heterocycles. The van der Waals surface area contributed by atoms with E-state index in [1.165, 1.54) is 32.1 Å². The molecular formula is C22H35N. The topological polar surface area (TPSA) is 3.24 Å². The first-order valence-electron chi connectivity index (χ1n) is 9.77. The molecule has 0 radical (unpaired) electrons. The van der Waals surface area contributed by atoms with Crippen molar-refractivity contribution in [2.24, 2.45) is 22.2 Å². The van der Waals surface area contributed by atoms with Crippen LogP contribution in [-0.2, 0) is 0 Å². The van der Waals surface area contributed by atoms with Crippen LogP contribution in [0.15, 0.2) is 23.3 Å². The Kier molecular flexibility index (Phi) is 3.01. The van der Waals surface area contributed by atoms with Crippen molar-refractivity contribution >= 4 is 0 Å². The number of nitrogens with zero attached hydrogens (tertiary/aromatic N) is 1. The molecule has 0 aromatic rings. The summed E-state index contributed by atoms with van der Waals surface area (Å²) in [6.45, 7) is 14.8. The van der Waals surface area contributed by atoms with E-state index in [4.69, 9.17) is 0 Å². The second-order valence-electron chi connectivity index (χ2n) is 10.1. The van der Waals surface area contributed by atoms with Crippen LogP contribution >= 0.6 is 0 Å². The van der Waals surface area contributed by atoms with E-state index >= 15 is 0 Å². The van der Waals surface area contributed by atoms with Crippen molar-refractivity contribution in [3.05, 3.63) is 23.3 Å². The van der Waals surface area contributed by atoms with Gasteiger partial charge in [-0.2, -0.15) is 0 Å². The van der Waals surface area contributed by atoms with Gasteiger partial charge >= 0.3 is 0 Å². The summed E-state index contributed by atoms with van der Waals surface area (Å²) in [4.78, 5) is 2.83. The summed E-state index contributed by atoms with van der Waals surface area (Å²) < 4.78 is 0. The van der Waals surface area contributed by atoms with E-state index in [0.717, 1.165) is 6.04 Å². The highest BCUT2D eigenvalue weighted by atomic mass is 15.3. The molecular weight excluding hydrogens is 278 g/mol. The molecule has 1 nitrogen and oxygen atoms in total. The smallest absolute Gasteiger partial charge is 0.0254 e. The molecule has 2 heterocycles. The molecule has 1 heteroatoms. The maximum atomic E-state index is 2.83. The highest BCUT2D eigenvalue weighted by molar-refractivity contribution is 5.51. The number of allylic oxidation sites excluding steroid dienone is 3. The maximum absolute atomic E-state index is 2.83. The third-order valence-electron chi connectivity index (χ3n) is 8.77. The first-order valence-corrected chi connectivity index (χ1v) is 9.77. The van der Waals surface area contributed by atoms with Crippen LogP contribution in [0.3, 0.4) is 0 Å². The molecule has 2 bridgehead atoms. The molecule has 5 rings (SSSR count). The molecule has 0 aromatic carbocycles. The van der Waals surface area contributed by atoms with Gasteiger partial charge in [-0.05, 0) is 75.3 Å². The minimum atomic E-state index is 0.400. The Morgan fingerprint density at radius 1 is 1.09 bits per heavy atom. The summed E-state index contributed by atoms with van der Waals surface area (Å²) in [6.07, 6.45) is 11.7. The van der Waals surface area contributed by atoms with E-state index in [9.17, 15) is 0 Å². The van der Waals surface area contributed by atoms with Crippen LogP contribution in [0.4, 0.5) is 0 Å². The van der Waals surface area contributed by atoms with Crippen molar-refractivity contribution in [2.75, 3.05) is 7.05 Å². The van der Waals surface area contributed by atoms with Gasteiger partial charge in [-0.3, -0.25) is 4.90 Å². The molecule has 128 valence electrons. The lowest BCUT2D eigenvalue weighted by atomic mass is 9.47. The van der Waals surface area contributed by atoms with Crippen LogP contribution in [0.1, 0.15) is 73.6 Å². The molecule has 23 heavy (non-hydrogen) atoms. The van der Waals surface area contributed by atoms with Gasteiger partial charge in [0, 0.05) is 17.0 Å². The predicted octanol–water partition coefficient (Wildman–Crippen LogP) is 5.58. The van der Waals surface area contributed by atoms with E-state index in [2.05, 4.69) is 65.6 Å². The second kappa shape index (κ2) is 4.34. The van der Waals surface area contributed by atoms with Gasteiger partial charge in [0.25, 0.3) is 0 Å². The van der Waals surface area contributed by atoms with Crippen molar-refractivity contribution in [1.29, 1.82) is 0 Å². The van der Waals surface area contributed by atoms with Crippen LogP contribution in [0.25, 0.3) is 0 Å². The number of hydrogen-bond donors (Lipinski definition) is 0. The maximum Gasteiger partial charge on any atom is 0.0254 e. The lowest BCUT2D eigenvalue weighted by molar-refractivity contribution is -0.134. The minimum Gasteiger partial charge on any atom is -0.297 e. The van der Waals surface area contributed by atoms with Crippen molar-refractivity contribution in [2.45, 2.75) is 85.2 Å². The Labute approximate surface area is 143 Å². The third-order valence-corrected chi connectivity index (χ3v) is 8.77. The van der Waals surface area contributed by atoms with Crippen LogP contribution in [0, 0.1) is 22.2 Å². The first kappa shape index (κ1) is 15.9. The molecule has 2 saturated carbocycles. The average Bonchev–Trinajstić information content (AvgIpc) is 3.05. The lowest BCUT2D eigenvalue weighted by Gasteiger charge is -2.68. The van der Waals surface area contributed by atoms with Gasteiger partial charge in [-0.1, -0.05) is 45.4 Å². The van der Waals surface area contributed by atoms with Gasteiger partial charge in [0.15, 0.2) is 0 Å². The molecule has 0 amide bonds. The van der Waals surface area contributed by atoms with Gasteiger partial charge in [0.1, 0.15) is 0 Å². The average molecular weight is 314 g/mol. The number of piperidine rings is 2. The summed E-state index contributed by atoms with van der Waals surface area (Å²) in [5.74, 6) is 0.668. The Hall–Kier alpha value is -0.560. The summed E-state index contributed by atoms with van der Waals surface area (Å²) >= 11 is 0. The SMILES string of the molecule is C/C=C\C1=C(C(C)C)C23CCC(C)(CC2)N(C)C3C2(C)CC12C. The normalized spacial score (nSPS) is 52.3. The largest absolute Gasteiger partial charge is 0.297 e. The first-order chi connectivity index (χ1) is 10.7. The monoisotopic (exact) mass is 313 g/mol.